The smallest absolute Gasteiger partial charge is 0.264 e. The summed E-state index contributed by atoms with van der Waals surface area (Å²) < 4.78 is 10.7. The van der Waals surface area contributed by atoms with Crippen LogP contribution in [0.2, 0.25) is 0 Å². The lowest BCUT2D eigenvalue weighted by atomic mass is 10.1. The summed E-state index contributed by atoms with van der Waals surface area (Å²) in [6.45, 7) is 3.93. The molecular formula is C20H20N2O3S. The van der Waals surface area contributed by atoms with Gasteiger partial charge >= 0.3 is 0 Å². The number of aryl methyl sites for hydroxylation is 2. The normalized spacial score (nSPS) is 10.4. The average Bonchev–Trinajstić information content (AvgIpc) is 3.01. The molecule has 0 aliphatic heterocycles. The minimum absolute atomic E-state index is 0.112. The zero-order chi connectivity index (χ0) is 18.5. The number of carbonyl (C=O) groups excluding carboxylic acids is 1. The standard InChI is InChI=1S/C20H20N2O3S/c1-13-8-10-15(11-9-13)19-14(2)26-20(22-19)21-18(23)12-25-17-7-5-4-6-16(17)24-3/h4-11H,12H2,1-3H3,(H,21,22,23). The number of methoxy groups -OCH3 is 1. The van der Waals surface area contributed by atoms with Gasteiger partial charge in [-0.2, -0.15) is 0 Å². The molecule has 3 rings (SSSR count). The molecule has 134 valence electrons. The van der Waals surface area contributed by atoms with Crippen molar-refractivity contribution in [1.29, 1.82) is 0 Å². The van der Waals surface area contributed by atoms with E-state index in [1.54, 1.807) is 19.2 Å². The van der Waals surface area contributed by atoms with Crippen LogP contribution in [-0.4, -0.2) is 24.6 Å². The lowest BCUT2D eigenvalue weighted by molar-refractivity contribution is -0.118. The van der Waals surface area contributed by atoms with Crippen LogP contribution < -0.4 is 14.8 Å². The van der Waals surface area contributed by atoms with Gasteiger partial charge in [0.2, 0.25) is 0 Å². The van der Waals surface area contributed by atoms with E-state index in [0.29, 0.717) is 16.6 Å². The third-order valence-corrected chi connectivity index (χ3v) is 4.68. The zero-order valence-corrected chi connectivity index (χ0v) is 15.7. The monoisotopic (exact) mass is 368 g/mol. The van der Waals surface area contributed by atoms with Crippen LogP contribution in [0.3, 0.4) is 0 Å². The van der Waals surface area contributed by atoms with Gasteiger partial charge in [-0.1, -0.05) is 42.0 Å². The van der Waals surface area contributed by atoms with E-state index in [-0.39, 0.29) is 12.5 Å². The summed E-state index contributed by atoms with van der Waals surface area (Å²) in [6, 6.07) is 15.4. The Kier molecular flexibility index (Phi) is 5.53. The minimum Gasteiger partial charge on any atom is -0.493 e. The van der Waals surface area contributed by atoms with Gasteiger partial charge in [-0.25, -0.2) is 4.98 Å². The second kappa shape index (κ2) is 8.01. The van der Waals surface area contributed by atoms with E-state index in [2.05, 4.69) is 10.3 Å². The van der Waals surface area contributed by atoms with Gasteiger partial charge in [0, 0.05) is 10.4 Å². The number of nitrogens with zero attached hydrogens (tertiary/aromatic N) is 1. The van der Waals surface area contributed by atoms with Crippen molar-refractivity contribution in [1.82, 2.24) is 4.98 Å². The molecule has 3 aromatic rings. The highest BCUT2D eigenvalue weighted by Crippen LogP contribution is 2.30. The van der Waals surface area contributed by atoms with Crippen LogP contribution in [0.4, 0.5) is 5.13 Å². The van der Waals surface area contributed by atoms with E-state index >= 15 is 0 Å². The van der Waals surface area contributed by atoms with Gasteiger partial charge in [-0.05, 0) is 26.0 Å². The van der Waals surface area contributed by atoms with Crippen molar-refractivity contribution in [2.75, 3.05) is 19.0 Å². The van der Waals surface area contributed by atoms with Crippen LogP contribution in [0, 0.1) is 13.8 Å². The van der Waals surface area contributed by atoms with E-state index in [1.165, 1.54) is 16.9 Å². The van der Waals surface area contributed by atoms with Crippen molar-refractivity contribution in [2.24, 2.45) is 0 Å². The number of carbonyl (C=O) groups is 1. The third kappa shape index (κ3) is 4.21. The van der Waals surface area contributed by atoms with Gasteiger partial charge in [0.1, 0.15) is 0 Å². The number of hydrogen-bond donors (Lipinski definition) is 1. The van der Waals surface area contributed by atoms with Gasteiger partial charge < -0.3 is 9.47 Å². The molecule has 0 saturated heterocycles. The fourth-order valence-electron chi connectivity index (χ4n) is 2.47. The Morgan fingerprint density at radius 1 is 1.08 bits per heavy atom. The van der Waals surface area contributed by atoms with Gasteiger partial charge in [-0.3, -0.25) is 10.1 Å². The Morgan fingerprint density at radius 3 is 2.46 bits per heavy atom. The maximum atomic E-state index is 12.2. The number of nitrogens with one attached hydrogen (secondary N) is 1. The largest absolute Gasteiger partial charge is 0.493 e. The number of anilines is 1. The summed E-state index contributed by atoms with van der Waals surface area (Å²) in [5, 5.41) is 3.36. The van der Waals surface area contributed by atoms with Crippen molar-refractivity contribution < 1.29 is 14.3 Å². The SMILES string of the molecule is COc1ccccc1OCC(=O)Nc1nc(-c2ccc(C)cc2)c(C)s1. The van der Waals surface area contributed by atoms with Crippen LogP contribution in [0.15, 0.2) is 48.5 Å². The quantitative estimate of drug-likeness (QED) is 0.698. The lowest BCUT2D eigenvalue weighted by Crippen LogP contribution is -2.20. The molecular weight excluding hydrogens is 348 g/mol. The Bertz CT molecular complexity index is 904. The predicted octanol–water partition coefficient (Wildman–Crippen LogP) is 4.45. The van der Waals surface area contributed by atoms with Crippen molar-refractivity contribution in [3.63, 3.8) is 0 Å². The first kappa shape index (κ1) is 17.9. The first-order valence-corrected chi connectivity index (χ1v) is 8.98. The van der Waals surface area contributed by atoms with E-state index in [1.807, 2.05) is 50.2 Å². The number of aromatic nitrogens is 1. The first-order chi connectivity index (χ1) is 12.6. The topological polar surface area (TPSA) is 60.5 Å². The lowest BCUT2D eigenvalue weighted by Gasteiger charge is -2.09. The van der Waals surface area contributed by atoms with Crippen molar-refractivity contribution in [3.05, 3.63) is 59.0 Å². The summed E-state index contributed by atoms with van der Waals surface area (Å²) in [5.74, 6) is 0.855. The van der Waals surface area contributed by atoms with Gasteiger partial charge in [0.05, 0.1) is 12.8 Å². The first-order valence-electron chi connectivity index (χ1n) is 8.17. The molecule has 5 nitrogen and oxygen atoms in total. The third-order valence-electron chi connectivity index (χ3n) is 3.80. The number of rotatable bonds is 6. The molecule has 1 heterocycles. The Hall–Kier alpha value is -2.86. The molecule has 6 heteroatoms. The summed E-state index contributed by atoms with van der Waals surface area (Å²) in [5.41, 5.74) is 3.12. The molecule has 26 heavy (non-hydrogen) atoms. The van der Waals surface area contributed by atoms with Crippen LogP contribution in [0.25, 0.3) is 11.3 Å². The van der Waals surface area contributed by atoms with Gasteiger partial charge in [0.25, 0.3) is 5.91 Å². The van der Waals surface area contributed by atoms with E-state index in [9.17, 15) is 4.79 Å². The molecule has 2 aromatic carbocycles. The van der Waals surface area contributed by atoms with Crippen LogP contribution in [0.5, 0.6) is 11.5 Å². The van der Waals surface area contributed by atoms with Crippen molar-refractivity contribution >= 4 is 22.4 Å². The van der Waals surface area contributed by atoms with Crippen LogP contribution in [0.1, 0.15) is 10.4 Å². The molecule has 0 bridgehead atoms. The Morgan fingerprint density at radius 2 is 1.77 bits per heavy atom. The molecule has 0 saturated carbocycles. The summed E-state index contributed by atoms with van der Waals surface area (Å²) in [7, 11) is 1.56. The molecule has 0 aliphatic carbocycles. The molecule has 1 aromatic heterocycles. The fraction of sp³-hybridized carbons (Fsp3) is 0.200. The fourth-order valence-corrected chi connectivity index (χ4v) is 3.32. The van der Waals surface area contributed by atoms with Gasteiger partial charge in [-0.15, -0.1) is 11.3 Å². The number of amides is 1. The van der Waals surface area contributed by atoms with E-state index < -0.39 is 0 Å². The molecule has 0 aliphatic rings. The van der Waals surface area contributed by atoms with E-state index in [0.717, 1.165) is 16.1 Å². The number of para-hydroxylation sites is 2. The zero-order valence-electron chi connectivity index (χ0n) is 14.9. The molecule has 0 unspecified atom stereocenters. The van der Waals surface area contributed by atoms with Crippen LogP contribution >= 0.6 is 11.3 Å². The number of hydrogen-bond acceptors (Lipinski definition) is 5. The Balaban J connectivity index is 1.65. The van der Waals surface area contributed by atoms with Crippen molar-refractivity contribution in [2.45, 2.75) is 13.8 Å². The molecule has 0 fully saturated rings. The second-order valence-electron chi connectivity index (χ2n) is 5.78. The number of thiazole rings is 1. The maximum Gasteiger partial charge on any atom is 0.264 e. The van der Waals surface area contributed by atoms with Crippen molar-refractivity contribution in [3.8, 4) is 22.8 Å². The summed E-state index contributed by atoms with van der Waals surface area (Å²) >= 11 is 1.45. The molecule has 1 N–H and O–H groups in total. The van der Waals surface area contributed by atoms with E-state index in [4.69, 9.17) is 9.47 Å². The maximum absolute atomic E-state index is 12.2. The summed E-state index contributed by atoms with van der Waals surface area (Å²) in [6.07, 6.45) is 0. The minimum atomic E-state index is -0.264. The second-order valence-corrected chi connectivity index (χ2v) is 6.98. The predicted molar refractivity (Wildman–Crippen MR) is 104 cm³/mol. The molecule has 0 spiro atoms. The van der Waals surface area contributed by atoms with Gasteiger partial charge in [0.15, 0.2) is 23.2 Å². The highest BCUT2D eigenvalue weighted by Gasteiger charge is 2.13. The molecule has 0 atom stereocenters. The molecule has 1 amide bonds. The molecule has 0 radical (unpaired) electrons. The highest BCUT2D eigenvalue weighted by molar-refractivity contribution is 7.16. The average molecular weight is 368 g/mol. The number of benzene rings is 2. The summed E-state index contributed by atoms with van der Waals surface area (Å²) in [4.78, 5) is 17.8. The Labute approximate surface area is 156 Å². The number of ether oxygens (including phenoxy) is 2. The highest BCUT2D eigenvalue weighted by atomic mass is 32.1. The van der Waals surface area contributed by atoms with Crippen LogP contribution in [-0.2, 0) is 4.79 Å².